The standard InChI is InChI=1S/C19H30O5/c1-2-22-18(21)10-6-4-3-5-9-15-13-16(14-17(15)20)24-19-11-7-8-12-23-19/h13,16,19H,2-12,14H2,1H3. The number of ether oxygens (including phenoxy) is 3. The van der Waals surface area contributed by atoms with Gasteiger partial charge in [-0.2, -0.15) is 0 Å². The van der Waals surface area contributed by atoms with Crippen molar-refractivity contribution in [1.29, 1.82) is 0 Å². The number of ketones is 1. The SMILES string of the molecule is CCOC(=O)CCCCCCC1=CC(OC2CCCCO2)CC1=O. The third-order valence-corrected chi connectivity index (χ3v) is 4.48. The van der Waals surface area contributed by atoms with Crippen molar-refractivity contribution in [3.05, 3.63) is 11.6 Å². The molecule has 24 heavy (non-hydrogen) atoms. The van der Waals surface area contributed by atoms with E-state index in [-0.39, 0.29) is 24.1 Å². The van der Waals surface area contributed by atoms with Gasteiger partial charge in [0.2, 0.25) is 0 Å². The van der Waals surface area contributed by atoms with Crippen LogP contribution in [0.4, 0.5) is 0 Å². The van der Waals surface area contributed by atoms with Crippen LogP contribution in [0.2, 0.25) is 0 Å². The molecule has 1 saturated heterocycles. The first-order chi connectivity index (χ1) is 11.7. The molecule has 0 spiro atoms. The Balaban J connectivity index is 1.58. The summed E-state index contributed by atoms with van der Waals surface area (Å²) in [5, 5.41) is 0. The number of hydrogen-bond donors (Lipinski definition) is 0. The van der Waals surface area contributed by atoms with Gasteiger partial charge in [-0.1, -0.05) is 12.8 Å². The largest absolute Gasteiger partial charge is 0.466 e. The Hall–Kier alpha value is -1.20. The van der Waals surface area contributed by atoms with Gasteiger partial charge in [-0.3, -0.25) is 9.59 Å². The highest BCUT2D eigenvalue weighted by Gasteiger charge is 2.27. The number of esters is 1. The molecule has 1 heterocycles. The minimum absolute atomic E-state index is 0.112. The molecule has 1 aliphatic heterocycles. The molecule has 0 aromatic carbocycles. The summed E-state index contributed by atoms with van der Waals surface area (Å²) >= 11 is 0. The summed E-state index contributed by atoms with van der Waals surface area (Å²) in [6.07, 6.45) is 10.5. The van der Waals surface area contributed by atoms with E-state index in [0.717, 1.165) is 63.5 Å². The number of unbranched alkanes of at least 4 members (excludes halogenated alkanes) is 3. The molecule has 0 amide bonds. The normalized spacial score (nSPS) is 24.0. The van der Waals surface area contributed by atoms with Crippen molar-refractivity contribution in [2.45, 2.75) is 83.5 Å². The zero-order valence-electron chi connectivity index (χ0n) is 14.8. The lowest BCUT2D eigenvalue weighted by atomic mass is 10.0. The molecule has 1 aliphatic carbocycles. The van der Waals surface area contributed by atoms with Crippen LogP contribution in [0.15, 0.2) is 11.6 Å². The minimum Gasteiger partial charge on any atom is -0.466 e. The van der Waals surface area contributed by atoms with E-state index in [9.17, 15) is 9.59 Å². The molecule has 0 N–H and O–H groups in total. The predicted octanol–water partition coefficient (Wildman–Crippen LogP) is 3.70. The van der Waals surface area contributed by atoms with Gasteiger partial charge in [0.05, 0.1) is 12.7 Å². The smallest absolute Gasteiger partial charge is 0.305 e. The molecular weight excluding hydrogens is 308 g/mol. The maximum absolute atomic E-state index is 12.1. The number of carbonyl (C=O) groups excluding carboxylic acids is 2. The number of hydrogen-bond acceptors (Lipinski definition) is 5. The van der Waals surface area contributed by atoms with E-state index < -0.39 is 0 Å². The van der Waals surface area contributed by atoms with Crippen LogP contribution in [-0.4, -0.2) is 37.4 Å². The summed E-state index contributed by atoms with van der Waals surface area (Å²) in [4.78, 5) is 23.3. The summed E-state index contributed by atoms with van der Waals surface area (Å²) < 4.78 is 16.3. The van der Waals surface area contributed by atoms with Crippen molar-refractivity contribution >= 4 is 11.8 Å². The summed E-state index contributed by atoms with van der Waals surface area (Å²) in [7, 11) is 0. The molecule has 0 aromatic heterocycles. The molecule has 1 fully saturated rings. The molecule has 0 saturated carbocycles. The lowest BCUT2D eigenvalue weighted by Crippen LogP contribution is -2.26. The Labute approximate surface area is 144 Å². The molecular formula is C19H30O5. The third kappa shape index (κ3) is 6.73. The van der Waals surface area contributed by atoms with Crippen molar-refractivity contribution < 1.29 is 23.8 Å². The van der Waals surface area contributed by atoms with E-state index in [1.807, 2.05) is 13.0 Å². The van der Waals surface area contributed by atoms with Crippen molar-refractivity contribution in [3.63, 3.8) is 0 Å². The second-order valence-corrected chi connectivity index (χ2v) is 6.51. The van der Waals surface area contributed by atoms with Crippen LogP contribution >= 0.6 is 0 Å². The number of carbonyl (C=O) groups is 2. The van der Waals surface area contributed by atoms with Gasteiger partial charge in [0.1, 0.15) is 0 Å². The summed E-state index contributed by atoms with van der Waals surface area (Å²) in [6.45, 7) is 3.03. The molecule has 0 bridgehead atoms. The van der Waals surface area contributed by atoms with Gasteiger partial charge in [0, 0.05) is 19.4 Å². The highest BCUT2D eigenvalue weighted by Crippen LogP contribution is 2.25. The molecule has 0 radical (unpaired) electrons. The van der Waals surface area contributed by atoms with E-state index >= 15 is 0 Å². The first kappa shape index (κ1) is 19.1. The van der Waals surface area contributed by atoms with E-state index in [1.54, 1.807) is 0 Å². The lowest BCUT2D eigenvalue weighted by molar-refractivity contribution is -0.178. The molecule has 5 nitrogen and oxygen atoms in total. The van der Waals surface area contributed by atoms with E-state index in [4.69, 9.17) is 14.2 Å². The van der Waals surface area contributed by atoms with E-state index in [2.05, 4.69) is 0 Å². The van der Waals surface area contributed by atoms with Crippen LogP contribution in [0.5, 0.6) is 0 Å². The molecule has 2 unspecified atom stereocenters. The van der Waals surface area contributed by atoms with Gasteiger partial charge < -0.3 is 14.2 Å². The average Bonchev–Trinajstić information content (AvgIpc) is 2.91. The van der Waals surface area contributed by atoms with Gasteiger partial charge in [0.15, 0.2) is 12.1 Å². The minimum atomic E-state index is -0.143. The first-order valence-electron chi connectivity index (χ1n) is 9.35. The first-order valence-corrected chi connectivity index (χ1v) is 9.35. The zero-order valence-corrected chi connectivity index (χ0v) is 14.8. The number of Topliss-reactive ketones (excluding diaryl/α,β-unsaturated/α-hetero) is 1. The van der Waals surface area contributed by atoms with Crippen LogP contribution in [0.3, 0.4) is 0 Å². The Morgan fingerprint density at radius 2 is 2.08 bits per heavy atom. The molecule has 0 aromatic rings. The quantitative estimate of drug-likeness (QED) is 0.449. The third-order valence-electron chi connectivity index (χ3n) is 4.48. The van der Waals surface area contributed by atoms with Gasteiger partial charge in [-0.05, 0) is 57.1 Å². The van der Waals surface area contributed by atoms with Gasteiger partial charge >= 0.3 is 5.97 Å². The fraction of sp³-hybridized carbons (Fsp3) is 0.789. The summed E-state index contributed by atoms with van der Waals surface area (Å²) in [6, 6.07) is 0. The second-order valence-electron chi connectivity index (χ2n) is 6.51. The maximum atomic E-state index is 12.1. The Kier molecular flexibility index (Phi) is 8.47. The highest BCUT2D eigenvalue weighted by molar-refractivity contribution is 5.98. The summed E-state index contributed by atoms with van der Waals surface area (Å²) in [5.41, 5.74) is 0.904. The Morgan fingerprint density at radius 1 is 1.25 bits per heavy atom. The van der Waals surface area contributed by atoms with Gasteiger partial charge in [-0.25, -0.2) is 0 Å². The van der Waals surface area contributed by atoms with Crippen LogP contribution in [0, 0.1) is 0 Å². The molecule has 5 heteroatoms. The predicted molar refractivity (Wildman–Crippen MR) is 90.5 cm³/mol. The maximum Gasteiger partial charge on any atom is 0.305 e. The van der Waals surface area contributed by atoms with Crippen LogP contribution in [-0.2, 0) is 23.8 Å². The van der Waals surface area contributed by atoms with Gasteiger partial charge in [-0.15, -0.1) is 0 Å². The van der Waals surface area contributed by atoms with Crippen molar-refractivity contribution in [3.8, 4) is 0 Å². The Morgan fingerprint density at radius 3 is 2.83 bits per heavy atom. The Bertz CT molecular complexity index is 437. The topological polar surface area (TPSA) is 61.8 Å². The molecule has 136 valence electrons. The molecule has 2 rings (SSSR count). The number of allylic oxidation sites excluding steroid dienone is 1. The van der Waals surface area contributed by atoms with Crippen molar-refractivity contribution in [2.24, 2.45) is 0 Å². The highest BCUT2D eigenvalue weighted by atomic mass is 16.7. The van der Waals surface area contributed by atoms with Crippen LogP contribution in [0.1, 0.15) is 71.1 Å². The average molecular weight is 338 g/mol. The van der Waals surface area contributed by atoms with Crippen molar-refractivity contribution in [2.75, 3.05) is 13.2 Å². The fourth-order valence-electron chi connectivity index (χ4n) is 3.19. The fourth-order valence-corrected chi connectivity index (χ4v) is 3.19. The molecule has 2 aliphatic rings. The summed E-state index contributed by atoms with van der Waals surface area (Å²) in [5.74, 6) is 0.0958. The monoisotopic (exact) mass is 338 g/mol. The second kappa shape index (κ2) is 10.6. The van der Waals surface area contributed by atoms with E-state index in [0.29, 0.717) is 19.4 Å². The van der Waals surface area contributed by atoms with Crippen LogP contribution < -0.4 is 0 Å². The zero-order chi connectivity index (χ0) is 17.2. The van der Waals surface area contributed by atoms with E-state index in [1.165, 1.54) is 0 Å². The van der Waals surface area contributed by atoms with Crippen LogP contribution in [0.25, 0.3) is 0 Å². The van der Waals surface area contributed by atoms with Crippen molar-refractivity contribution in [1.82, 2.24) is 0 Å². The number of rotatable bonds is 10. The lowest BCUT2D eigenvalue weighted by Gasteiger charge is -2.24. The van der Waals surface area contributed by atoms with Gasteiger partial charge in [0.25, 0.3) is 0 Å². The molecule has 2 atom stereocenters.